The molecule has 1 heterocycles. The van der Waals surface area contributed by atoms with Crippen LogP contribution in [-0.4, -0.2) is 44.3 Å². The van der Waals surface area contributed by atoms with Gasteiger partial charge in [0.15, 0.2) is 0 Å². The average molecular weight is 322 g/mol. The number of hydrogen-bond donors (Lipinski definition) is 1. The number of carbonyl (C=O) groups excluding carboxylic acids is 1. The standard InChI is InChI=1S/C15H16ClN3O3/c1-10(2)18(9-14(20)21)15(22)11-7-17-19(8-11)13-5-3-4-12(16)6-13/h3-8,10H,9H2,1-2H3,(H,20,21). The molecule has 0 radical (unpaired) electrons. The number of nitrogens with zero attached hydrogens (tertiary/aromatic N) is 3. The molecule has 0 fully saturated rings. The van der Waals surface area contributed by atoms with Crippen molar-refractivity contribution in [3.8, 4) is 5.69 Å². The number of carboxylic acids is 1. The highest BCUT2D eigenvalue weighted by Crippen LogP contribution is 2.15. The first kappa shape index (κ1) is 16.0. The quantitative estimate of drug-likeness (QED) is 0.918. The second kappa shape index (κ2) is 6.62. The number of halogens is 1. The molecule has 0 atom stereocenters. The molecule has 0 saturated heterocycles. The zero-order valence-corrected chi connectivity index (χ0v) is 13.0. The second-order valence-electron chi connectivity index (χ2n) is 5.07. The maximum atomic E-state index is 12.4. The van der Waals surface area contributed by atoms with Gasteiger partial charge >= 0.3 is 5.97 Å². The lowest BCUT2D eigenvalue weighted by atomic mass is 10.2. The smallest absolute Gasteiger partial charge is 0.323 e. The van der Waals surface area contributed by atoms with Crippen LogP contribution in [0.3, 0.4) is 0 Å². The molecule has 2 rings (SSSR count). The van der Waals surface area contributed by atoms with Gasteiger partial charge in [0.2, 0.25) is 0 Å². The lowest BCUT2D eigenvalue weighted by Crippen LogP contribution is -2.40. The molecule has 0 aliphatic carbocycles. The van der Waals surface area contributed by atoms with Crippen molar-refractivity contribution >= 4 is 23.5 Å². The van der Waals surface area contributed by atoms with Gasteiger partial charge in [0.1, 0.15) is 6.54 Å². The summed E-state index contributed by atoms with van der Waals surface area (Å²) in [5.74, 6) is -1.42. The molecule has 6 nitrogen and oxygen atoms in total. The number of hydrogen-bond acceptors (Lipinski definition) is 3. The van der Waals surface area contributed by atoms with Crippen molar-refractivity contribution in [1.82, 2.24) is 14.7 Å². The van der Waals surface area contributed by atoms with E-state index in [-0.39, 0.29) is 18.5 Å². The molecule has 7 heteroatoms. The van der Waals surface area contributed by atoms with Gasteiger partial charge in [0.05, 0.1) is 17.4 Å². The molecule has 0 aliphatic rings. The molecule has 2 aromatic rings. The van der Waals surface area contributed by atoms with Crippen molar-refractivity contribution in [2.75, 3.05) is 6.54 Å². The zero-order valence-electron chi connectivity index (χ0n) is 12.2. The van der Waals surface area contributed by atoms with Gasteiger partial charge in [-0.15, -0.1) is 0 Å². The van der Waals surface area contributed by atoms with Crippen LogP contribution in [0.1, 0.15) is 24.2 Å². The lowest BCUT2D eigenvalue weighted by Gasteiger charge is -2.24. The monoisotopic (exact) mass is 321 g/mol. The Bertz CT molecular complexity index is 697. The fraction of sp³-hybridized carbons (Fsp3) is 0.267. The van der Waals surface area contributed by atoms with E-state index in [2.05, 4.69) is 5.10 Å². The van der Waals surface area contributed by atoms with Crippen LogP contribution in [0.2, 0.25) is 5.02 Å². The lowest BCUT2D eigenvalue weighted by molar-refractivity contribution is -0.138. The van der Waals surface area contributed by atoms with Crippen molar-refractivity contribution in [3.05, 3.63) is 47.2 Å². The molecule has 1 aromatic heterocycles. The third-order valence-electron chi connectivity index (χ3n) is 3.09. The van der Waals surface area contributed by atoms with Crippen molar-refractivity contribution in [2.45, 2.75) is 19.9 Å². The summed E-state index contributed by atoms with van der Waals surface area (Å²) in [7, 11) is 0. The number of aromatic nitrogens is 2. The van der Waals surface area contributed by atoms with E-state index >= 15 is 0 Å². The maximum absolute atomic E-state index is 12.4. The highest BCUT2D eigenvalue weighted by Gasteiger charge is 2.22. The number of benzene rings is 1. The SMILES string of the molecule is CC(C)N(CC(=O)O)C(=O)c1cnn(-c2cccc(Cl)c2)c1. The molecular formula is C15H16ClN3O3. The average Bonchev–Trinajstić information content (AvgIpc) is 2.93. The van der Waals surface area contributed by atoms with Gasteiger partial charge in [-0.05, 0) is 32.0 Å². The van der Waals surface area contributed by atoms with Crippen LogP contribution >= 0.6 is 11.6 Å². The Morgan fingerprint density at radius 2 is 2.14 bits per heavy atom. The molecule has 0 spiro atoms. The van der Waals surface area contributed by atoms with E-state index in [0.717, 1.165) is 5.69 Å². The largest absolute Gasteiger partial charge is 0.480 e. The van der Waals surface area contributed by atoms with Gasteiger partial charge in [-0.3, -0.25) is 9.59 Å². The van der Waals surface area contributed by atoms with Gasteiger partial charge in [0, 0.05) is 17.3 Å². The Hall–Kier alpha value is -2.34. The van der Waals surface area contributed by atoms with Crippen LogP contribution in [-0.2, 0) is 4.79 Å². The van der Waals surface area contributed by atoms with Crippen LogP contribution in [0, 0.1) is 0 Å². The summed E-state index contributed by atoms with van der Waals surface area (Å²) in [5.41, 5.74) is 1.05. The number of carboxylic acid groups (broad SMARTS) is 1. The van der Waals surface area contributed by atoms with Crippen molar-refractivity contribution < 1.29 is 14.7 Å². The predicted octanol–water partition coefficient (Wildman–Crippen LogP) is 2.46. The molecule has 1 N–H and O–H groups in total. The summed E-state index contributed by atoms with van der Waals surface area (Å²) in [4.78, 5) is 24.6. The van der Waals surface area contributed by atoms with Gasteiger partial charge in [-0.25, -0.2) is 4.68 Å². The summed E-state index contributed by atoms with van der Waals surface area (Å²) >= 11 is 5.93. The third kappa shape index (κ3) is 3.65. The summed E-state index contributed by atoms with van der Waals surface area (Å²) in [5, 5.41) is 13.6. The highest BCUT2D eigenvalue weighted by atomic mass is 35.5. The first-order valence-corrected chi connectivity index (χ1v) is 7.09. The number of amides is 1. The van der Waals surface area contributed by atoms with E-state index in [1.165, 1.54) is 15.8 Å². The van der Waals surface area contributed by atoms with Gasteiger partial charge < -0.3 is 10.0 Å². The molecule has 1 aromatic carbocycles. The third-order valence-corrected chi connectivity index (χ3v) is 3.33. The molecular weight excluding hydrogens is 306 g/mol. The molecule has 1 amide bonds. The normalized spacial score (nSPS) is 10.7. The van der Waals surface area contributed by atoms with E-state index in [9.17, 15) is 9.59 Å². The summed E-state index contributed by atoms with van der Waals surface area (Å²) in [6.07, 6.45) is 2.98. The number of rotatable bonds is 5. The Morgan fingerprint density at radius 3 is 2.73 bits per heavy atom. The number of carbonyl (C=O) groups is 2. The molecule has 22 heavy (non-hydrogen) atoms. The first-order valence-electron chi connectivity index (χ1n) is 6.72. The van der Waals surface area contributed by atoms with Crippen LogP contribution in [0.15, 0.2) is 36.7 Å². The van der Waals surface area contributed by atoms with E-state index in [1.807, 2.05) is 6.07 Å². The van der Waals surface area contributed by atoms with Crippen LogP contribution in [0.5, 0.6) is 0 Å². The molecule has 116 valence electrons. The van der Waals surface area contributed by atoms with Crippen LogP contribution in [0.4, 0.5) is 0 Å². The zero-order chi connectivity index (χ0) is 16.3. The minimum Gasteiger partial charge on any atom is -0.480 e. The Kier molecular flexibility index (Phi) is 4.82. The van der Waals surface area contributed by atoms with E-state index in [4.69, 9.17) is 16.7 Å². The number of aliphatic carboxylic acids is 1. The van der Waals surface area contributed by atoms with E-state index < -0.39 is 5.97 Å². The Labute approximate surface area is 132 Å². The van der Waals surface area contributed by atoms with E-state index in [0.29, 0.717) is 10.6 Å². The fourth-order valence-corrected chi connectivity index (χ4v) is 2.18. The minimum atomic E-state index is -1.05. The van der Waals surface area contributed by atoms with Gasteiger partial charge in [-0.1, -0.05) is 17.7 Å². The van der Waals surface area contributed by atoms with Crippen molar-refractivity contribution in [3.63, 3.8) is 0 Å². The van der Waals surface area contributed by atoms with E-state index in [1.54, 1.807) is 38.2 Å². The van der Waals surface area contributed by atoms with Gasteiger partial charge in [0.25, 0.3) is 5.91 Å². The summed E-state index contributed by atoms with van der Waals surface area (Å²) in [6, 6.07) is 6.84. The molecule has 0 bridgehead atoms. The Balaban J connectivity index is 2.26. The van der Waals surface area contributed by atoms with Crippen LogP contribution < -0.4 is 0 Å². The predicted molar refractivity (Wildman–Crippen MR) is 82.4 cm³/mol. The summed E-state index contributed by atoms with van der Waals surface area (Å²) < 4.78 is 1.53. The molecule has 0 aliphatic heterocycles. The minimum absolute atomic E-state index is 0.224. The van der Waals surface area contributed by atoms with Crippen molar-refractivity contribution in [1.29, 1.82) is 0 Å². The fourth-order valence-electron chi connectivity index (χ4n) is 1.99. The maximum Gasteiger partial charge on any atom is 0.323 e. The van der Waals surface area contributed by atoms with Crippen molar-refractivity contribution in [2.24, 2.45) is 0 Å². The van der Waals surface area contributed by atoms with Gasteiger partial charge in [-0.2, -0.15) is 5.10 Å². The Morgan fingerprint density at radius 1 is 1.41 bits per heavy atom. The van der Waals surface area contributed by atoms with Crippen LogP contribution in [0.25, 0.3) is 5.69 Å². The summed E-state index contributed by atoms with van der Waals surface area (Å²) in [6.45, 7) is 3.18. The molecule has 0 saturated carbocycles. The first-order chi connectivity index (χ1) is 10.4. The molecule has 0 unspecified atom stereocenters. The topological polar surface area (TPSA) is 75.4 Å². The second-order valence-corrected chi connectivity index (χ2v) is 5.51. The highest BCUT2D eigenvalue weighted by molar-refractivity contribution is 6.30.